The van der Waals surface area contributed by atoms with Crippen molar-refractivity contribution in [1.82, 2.24) is 0 Å². The quantitative estimate of drug-likeness (QED) is 0.371. The van der Waals surface area contributed by atoms with Crippen LogP contribution < -0.4 is 0 Å². The Hall–Kier alpha value is -0.770. The zero-order valence-corrected chi connectivity index (χ0v) is 10.8. The molecular weight excluding hydrogens is 196 g/mol. The maximum Gasteiger partial charge on any atom is 0.132 e. The van der Waals surface area contributed by atoms with Crippen molar-refractivity contribution in [2.75, 3.05) is 0 Å². The van der Waals surface area contributed by atoms with Crippen molar-refractivity contribution in [3.8, 4) is 12.3 Å². The third kappa shape index (κ3) is 11.3. The second-order valence-corrected chi connectivity index (χ2v) is 4.47. The molecule has 0 aromatic carbocycles. The van der Waals surface area contributed by atoms with Gasteiger partial charge < -0.3 is 0 Å². The second-order valence-electron chi connectivity index (χ2n) is 4.47. The van der Waals surface area contributed by atoms with Crippen LogP contribution in [0, 0.1) is 12.3 Å². The van der Waals surface area contributed by atoms with E-state index in [0.717, 1.165) is 44.9 Å². The molecule has 0 bridgehead atoms. The molecule has 0 saturated heterocycles. The number of hydrogen-bond donors (Lipinski definition) is 0. The van der Waals surface area contributed by atoms with E-state index in [1.54, 1.807) is 0 Å². The fourth-order valence-electron chi connectivity index (χ4n) is 1.78. The molecule has 0 radical (unpaired) electrons. The molecule has 0 aromatic heterocycles. The SMILES string of the molecule is C#CCCCCCCC(=O)CCCCCC. The molecule has 0 rings (SSSR count). The minimum Gasteiger partial charge on any atom is -0.300 e. The standard InChI is InChI=1S/C15H26O/c1-3-5-7-9-10-12-14-15(16)13-11-8-6-4-2/h1H,4-14H2,2H3. The lowest BCUT2D eigenvalue weighted by atomic mass is 10.0. The Kier molecular flexibility index (Phi) is 11.7. The summed E-state index contributed by atoms with van der Waals surface area (Å²) in [5.41, 5.74) is 0. The number of carbonyl (C=O) groups is 1. The number of unbranched alkanes of at least 4 members (excludes halogenated alkanes) is 7. The minimum absolute atomic E-state index is 0.452. The van der Waals surface area contributed by atoms with Crippen LogP contribution in [0.5, 0.6) is 0 Å². The van der Waals surface area contributed by atoms with Crippen LogP contribution in [-0.4, -0.2) is 5.78 Å². The van der Waals surface area contributed by atoms with Gasteiger partial charge in [0.25, 0.3) is 0 Å². The normalized spacial score (nSPS) is 10.0. The molecule has 0 fully saturated rings. The fourth-order valence-corrected chi connectivity index (χ4v) is 1.78. The van der Waals surface area contributed by atoms with Gasteiger partial charge in [-0.05, 0) is 19.3 Å². The molecule has 0 aliphatic rings. The van der Waals surface area contributed by atoms with Crippen molar-refractivity contribution in [1.29, 1.82) is 0 Å². The average molecular weight is 222 g/mol. The van der Waals surface area contributed by atoms with Crippen LogP contribution in [0.4, 0.5) is 0 Å². The predicted molar refractivity (Wildman–Crippen MR) is 70.3 cm³/mol. The summed E-state index contributed by atoms with van der Waals surface area (Å²) in [4.78, 5) is 11.5. The summed E-state index contributed by atoms with van der Waals surface area (Å²) in [6.45, 7) is 2.19. The molecule has 0 aliphatic heterocycles. The molecule has 1 nitrogen and oxygen atoms in total. The van der Waals surface area contributed by atoms with Crippen molar-refractivity contribution in [3.05, 3.63) is 0 Å². The van der Waals surface area contributed by atoms with Gasteiger partial charge in [-0.3, -0.25) is 4.79 Å². The van der Waals surface area contributed by atoms with Crippen LogP contribution in [0.15, 0.2) is 0 Å². The Labute approximate surface area is 101 Å². The maximum atomic E-state index is 11.5. The Morgan fingerprint density at radius 3 is 2.06 bits per heavy atom. The van der Waals surface area contributed by atoms with Gasteiger partial charge >= 0.3 is 0 Å². The van der Waals surface area contributed by atoms with Gasteiger partial charge in [-0.2, -0.15) is 0 Å². The van der Waals surface area contributed by atoms with Gasteiger partial charge in [0.2, 0.25) is 0 Å². The number of terminal acetylenes is 1. The minimum atomic E-state index is 0.452. The first-order chi connectivity index (χ1) is 7.81. The summed E-state index contributed by atoms with van der Waals surface area (Å²) in [5, 5.41) is 0. The highest BCUT2D eigenvalue weighted by molar-refractivity contribution is 5.78. The molecule has 0 N–H and O–H groups in total. The molecule has 0 spiro atoms. The van der Waals surface area contributed by atoms with Gasteiger partial charge in [0.15, 0.2) is 0 Å². The number of ketones is 1. The molecule has 0 unspecified atom stereocenters. The summed E-state index contributed by atoms with van der Waals surface area (Å²) in [7, 11) is 0. The van der Waals surface area contributed by atoms with Gasteiger partial charge in [-0.1, -0.05) is 39.0 Å². The Morgan fingerprint density at radius 1 is 0.938 bits per heavy atom. The first-order valence-corrected chi connectivity index (χ1v) is 6.76. The first-order valence-electron chi connectivity index (χ1n) is 6.76. The van der Waals surface area contributed by atoms with Crippen molar-refractivity contribution in [3.63, 3.8) is 0 Å². The largest absolute Gasteiger partial charge is 0.300 e. The van der Waals surface area contributed by atoms with E-state index < -0.39 is 0 Å². The van der Waals surface area contributed by atoms with E-state index in [1.165, 1.54) is 25.7 Å². The fraction of sp³-hybridized carbons (Fsp3) is 0.800. The van der Waals surface area contributed by atoms with Crippen LogP contribution >= 0.6 is 0 Å². The van der Waals surface area contributed by atoms with Crippen molar-refractivity contribution >= 4 is 5.78 Å². The highest BCUT2D eigenvalue weighted by atomic mass is 16.1. The molecule has 16 heavy (non-hydrogen) atoms. The van der Waals surface area contributed by atoms with E-state index in [0.29, 0.717) is 5.78 Å². The lowest BCUT2D eigenvalue weighted by Gasteiger charge is -2.01. The van der Waals surface area contributed by atoms with E-state index in [1.807, 2.05) is 0 Å². The van der Waals surface area contributed by atoms with E-state index in [2.05, 4.69) is 12.8 Å². The Balaban J connectivity index is 3.15. The molecule has 0 amide bonds. The first kappa shape index (κ1) is 15.2. The number of hydrogen-bond acceptors (Lipinski definition) is 1. The predicted octanol–water partition coefficient (Wildman–Crippen LogP) is 4.50. The zero-order chi connectivity index (χ0) is 12.1. The van der Waals surface area contributed by atoms with E-state index in [4.69, 9.17) is 6.42 Å². The lowest BCUT2D eigenvalue weighted by Crippen LogP contribution is -1.97. The Morgan fingerprint density at radius 2 is 1.50 bits per heavy atom. The third-order valence-electron chi connectivity index (χ3n) is 2.84. The number of rotatable bonds is 11. The summed E-state index contributed by atoms with van der Waals surface area (Å²) in [6, 6.07) is 0. The molecule has 0 aliphatic carbocycles. The van der Waals surface area contributed by atoms with Crippen molar-refractivity contribution < 1.29 is 4.79 Å². The monoisotopic (exact) mass is 222 g/mol. The summed E-state index contributed by atoms with van der Waals surface area (Å²) >= 11 is 0. The summed E-state index contributed by atoms with van der Waals surface area (Å²) in [5.74, 6) is 3.09. The van der Waals surface area contributed by atoms with Gasteiger partial charge in [-0.25, -0.2) is 0 Å². The van der Waals surface area contributed by atoms with Gasteiger partial charge in [0.1, 0.15) is 5.78 Å². The van der Waals surface area contributed by atoms with Crippen LogP contribution in [0.1, 0.15) is 77.6 Å². The van der Waals surface area contributed by atoms with E-state index in [9.17, 15) is 4.79 Å². The number of Topliss-reactive ketones (excluding diaryl/α,β-unsaturated/α-hetero) is 1. The van der Waals surface area contributed by atoms with Crippen LogP contribution in [0.2, 0.25) is 0 Å². The highest BCUT2D eigenvalue weighted by Crippen LogP contribution is 2.09. The summed E-state index contributed by atoms with van der Waals surface area (Å²) < 4.78 is 0. The molecule has 0 atom stereocenters. The third-order valence-corrected chi connectivity index (χ3v) is 2.84. The molecular formula is C15H26O. The molecule has 0 saturated carbocycles. The van der Waals surface area contributed by atoms with E-state index >= 15 is 0 Å². The summed E-state index contributed by atoms with van der Waals surface area (Å²) in [6.07, 6.45) is 16.9. The average Bonchev–Trinajstić information content (AvgIpc) is 2.29. The molecule has 0 aromatic rings. The zero-order valence-electron chi connectivity index (χ0n) is 10.8. The second kappa shape index (κ2) is 12.3. The van der Waals surface area contributed by atoms with E-state index in [-0.39, 0.29) is 0 Å². The van der Waals surface area contributed by atoms with Crippen LogP contribution in [0.25, 0.3) is 0 Å². The van der Waals surface area contributed by atoms with Gasteiger partial charge in [-0.15, -0.1) is 12.3 Å². The van der Waals surface area contributed by atoms with Gasteiger partial charge in [0, 0.05) is 19.3 Å². The van der Waals surface area contributed by atoms with Crippen molar-refractivity contribution in [2.45, 2.75) is 77.6 Å². The van der Waals surface area contributed by atoms with Crippen molar-refractivity contribution in [2.24, 2.45) is 0 Å². The van der Waals surface area contributed by atoms with Crippen LogP contribution in [-0.2, 0) is 4.79 Å². The maximum absolute atomic E-state index is 11.5. The molecule has 0 heterocycles. The smallest absolute Gasteiger partial charge is 0.132 e. The lowest BCUT2D eigenvalue weighted by molar-refractivity contribution is -0.119. The number of carbonyl (C=O) groups excluding carboxylic acids is 1. The highest BCUT2D eigenvalue weighted by Gasteiger charge is 2.01. The van der Waals surface area contributed by atoms with Gasteiger partial charge in [0.05, 0.1) is 0 Å². The topological polar surface area (TPSA) is 17.1 Å². The van der Waals surface area contributed by atoms with Crippen LogP contribution in [0.3, 0.4) is 0 Å². The molecule has 92 valence electrons. The Bertz CT molecular complexity index is 200. The molecule has 1 heteroatoms.